The lowest BCUT2D eigenvalue weighted by Crippen LogP contribution is -2.62. The molecule has 0 saturated carbocycles. The van der Waals surface area contributed by atoms with Crippen molar-refractivity contribution in [1.29, 1.82) is 0 Å². The Hall–Kier alpha value is -1.91. The number of alkyl halides is 1. The Balaban J connectivity index is 2.20. The summed E-state index contributed by atoms with van der Waals surface area (Å²) >= 11 is 12.4. The number of oxime groups is 1. The number of thiazole rings is 1. The highest BCUT2D eigenvalue weighted by Gasteiger charge is 2.32. The number of hydrogen-bond donors (Lipinski definition) is 3. The van der Waals surface area contributed by atoms with Crippen LogP contribution in [0.5, 0.6) is 0 Å². The van der Waals surface area contributed by atoms with Crippen LogP contribution >= 0.6 is 34.5 Å². The first-order valence-electron chi connectivity index (χ1n) is 6.18. The summed E-state index contributed by atoms with van der Waals surface area (Å²) in [6, 6.07) is -0.641. The third kappa shape index (κ3) is 4.09. The van der Waals surface area contributed by atoms with Crippen LogP contribution in [0.4, 0.5) is 5.13 Å². The molecule has 0 bridgehead atoms. The Morgan fingerprint density at radius 3 is 2.83 bits per heavy atom. The average Bonchev–Trinajstić information content (AvgIpc) is 2.88. The average molecular weight is 380 g/mol. The van der Waals surface area contributed by atoms with Crippen LogP contribution in [0, 0.1) is 0 Å². The first kappa shape index (κ1) is 17.4. The van der Waals surface area contributed by atoms with Crippen LogP contribution in [0.3, 0.4) is 0 Å². The second kappa shape index (κ2) is 7.57. The summed E-state index contributed by atoms with van der Waals surface area (Å²) in [5, 5.41) is 11.1. The summed E-state index contributed by atoms with van der Waals surface area (Å²) in [5.74, 6) is -1.68. The van der Waals surface area contributed by atoms with Gasteiger partial charge in [-0.05, 0) is 0 Å². The van der Waals surface area contributed by atoms with E-state index in [0.29, 0.717) is 6.54 Å². The number of hydrogen-bond acceptors (Lipinski definition) is 7. The fraction of sp³-hybridized carbons (Fsp3) is 0.364. The monoisotopic (exact) mass is 379 g/mol. The predicted octanol–water partition coefficient (Wildman–Crippen LogP) is -0.0611. The van der Waals surface area contributed by atoms with Gasteiger partial charge in [-0.3, -0.25) is 14.4 Å². The quantitative estimate of drug-likeness (QED) is 0.276. The van der Waals surface area contributed by atoms with E-state index in [1.807, 2.05) is 0 Å². The lowest BCUT2D eigenvalue weighted by Gasteiger charge is -2.26. The van der Waals surface area contributed by atoms with Gasteiger partial charge < -0.3 is 20.8 Å². The number of anilines is 1. The molecular weight excluding hydrogens is 369 g/mol. The van der Waals surface area contributed by atoms with E-state index in [1.54, 1.807) is 0 Å². The number of β-lactam (4-membered cyclic amide) rings is 1. The molecule has 3 N–H and O–H groups in total. The van der Waals surface area contributed by atoms with Crippen molar-refractivity contribution in [2.24, 2.45) is 5.16 Å². The van der Waals surface area contributed by atoms with Crippen molar-refractivity contribution < 1.29 is 19.2 Å². The molecule has 3 amide bonds. The number of nitrogens with zero attached hydrogens (tertiary/aromatic N) is 2. The molecule has 12 heteroatoms. The standard InChI is InChI=1S/C11H11Cl2N5O4S/c1-22-18-7(10(21)15-4-3-14-9(4)20)6-8(13)23-11(17-6)16-5(19)2-12/h4H,2-3H2,1H3,(H,14,20)(H,15,21)(H,16,17,19). The van der Waals surface area contributed by atoms with Crippen LogP contribution in [-0.4, -0.2) is 54.0 Å². The van der Waals surface area contributed by atoms with Crippen LogP contribution < -0.4 is 16.0 Å². The largest absolute Gasteiger partial charge is 0.398 e. The fourth-order valence-electron chi connectivity index (χ4n) is 1.57. The summed E-state index contributed by atoms with van der Waals surface area (Å²) < 4.78 is 0.124. The zero-order valence-corrected chi connectivity index (χ0v) is 14.0. The van der Waals surface area contributed by atoms with Crippen molar-refractivity contribution in [3.63, 3.8) is 0 Å². The summed E-state index contributed by atoms with van der Waals surface area (Å²) in [7, 11) is 1.25. The smallest absolute Gasteiger partial charge is 0.276 e. The van der Waals surface area contributed by atoms with E-state index < -0.39 is 17.9 Å². The van der Waals surface area contributed by atoms with Crippen molar-refractivity contribution >= 4 is 63.1 Å². The SMILES string of the molecule is CON=C(C(=O)NC1CNC1=O)c1nc(NC(=O)CCl)sc1Cl. The van der Waals surface area contributed by atoms with Crippen LogP contribution in [0.25, 0.3) is 0 Å². The van der Waals surface area contributed by atoms with E-state index in [2.05, 4.69) is 30.9 Å². The molecule has 1 aromatic rings. The van der Waals surface area contributed by atoms with Crippen LogP contribution in [0.15, 0.2) is 5.16 Å². The Labute approximate surface area is 144 Å². The fourth-order valence-corrected chi connectivity index (χ4v) is 2.70. The number of rotatable bonds is 6. The van der Waals surface area contributed by atoms with Crippen molar-refractivity contribution in [3.8, 4) is 0 Å². The number of amides is 3. The van der Waals surface area contributed by atoms with Crippen LogP contribution in [-0.2, 0) is 19.2 Å². The van der Waals surface area contributed by atoms with Gasteiger partial charge in [-0.1, -0.05) is 28.1 Å². The number of carbonyl (C=O) groups excluding carboxylic acids is 3. The third-order valence-electron chi connectivity index (χ3n) is 2.68. The Morgan fingerprint density at radius 1 is 1.57 bits per heavy atom. The minimum absolute atomic E-state index is 0.0284. The molecule has 0 aromatic carbocycles. The van der Waals surface area contributed by atoms with Gasteiger partial charge in [0.1, 0.15) is 29.1 Å². The van der Waals surface area contributed by atoms with Crippen LogP contribution in [0.2, 0.25) is 4.34 Å². The van der Waals surface area contributed by atoms with Crippen molar-refractivity contribution in [1.82, 2.24) is 15.6 Å². The zero-order valence-electron chi connectivity index (χ0n) is 11.7. The minimum Gasteiger partial charge on any atom is -0.398 e. The van der Waals surface area contributed by atoms with E-state index in [4.69, 9.17) is 23.2 Å². The summed E-state index contributed by atoms with van der Waals surface area (Å²) in [6.45, 7) is 0.326. The highest BCUT2D eigenvalue weighted by atomic mass is 35.5. The third-order valence-corrected chi connectivity index (χ3v) is 4.09. The maximum atomic E-state index is 12.2. The molecule has 124 valence electrons. The normalized spacial score (nSPS) is 17.1. The van der Waals surface area contributed by atoms with Gasteiger partial charge in [-0.2, -0.15) is 0 Å². The number of halogens is 2. The van der Waals surface area contributed by atoms with Gasteiger partial charge in [-0.15, -0.1) is 11.6 Å². The summed E-state index contributed by atoms with van der Waals surface area (Å²) in [5.41, 5.74) is -0.180. The van der Waals surface area contributed by atoms with E-state index in [0.717, 1.165) is 11.3 Å². The van der Waals surface area contributed by atoms with E-state index >= 15 is 0 Å². The zero-order chi connectivity index (χ0) is 17.0. The summed E-state index contributed by atoms with van der Waals surface area (Å²) in [4.78, 5) is 43.4. The molecule has 0 spiro atoms. The van der Waals surface area contributed by atoms with Crippen molar-refractivity contribution in [3.05, 3.63) is 10.0 Å². The first-order valence-corrected chi connectivity index (χ1v) is 7.91. The van der Waals surface area contributed by atoms with Gasteiger partial charge in [-0.25, -0.2) is 4.98 Å². The number of aromatic nitrogens is 1. The van der Waals surface area contributed by atoms with Crippen LogP contribution in [0.1, 0.15) is 5.69 Å². The molecule has 1 aromatic heterocycles. The van der Waals surface area contributed by atoms with Crippen molar-refractivity contribution in [2.75, 3.05) is 24.9 Å². The second-order valence-electron chi connectivity index (χ2n) is 4.22. The van der Waals surface area contributed by atoms with Gasteiger partial charge in [0.2, 0.25) is 11.8 Å². The molecule has 2 heterocycles. The molecule has 0 radical (unpaired) electrons. The molecule has 9 nitrogen and oxygen atoms in total. The molecule has 2 rings (SSSR count). The lowest BCUT2D eigenvalue weighted by atomic mass is 10.1. The molecule has 1 fully saturated rings. The maximum absolute atomic E-state index is 12.2. The minimum atomic E-state index is -0.672. The molecular formula is C11H11Cl2N5O4S. The highest BCUT2D eigenvalue weighted by Crippen LogP contribution is 2.28. The molecule has 0 aliphatic carbocycles. The summed E-state index contributed by atoms with van der Waals surface area (Å²) in [6.07, 6.45) is 0. The molecule has 1 aliphatic rings. The van der Waals surface area contributed by atoms with E-state index in [9.17, 15) is 14.4 Å². The van der Waals surface area contributed by atoms with Gasteiger partial charge in [0, 0.05) is 6.54 Å². The van der Waals surface area contributed by atoms with E-state index in [1.165, 1.54) is 7.11 Å². The van der Waals surface area contributed by atoms with Gasteiger partial charge in [0.25, 0.3) is 5.91 Å². The maximum Gasteiger partial charge on any atom is 0.276 e. The second-order valence-corrected chi connectivity index (χ2v) is 6.09. The Morgan fingerprint density at radius 2 is 2.30 bits per heavy atom. The molecule has 1 atom stereocenters. The molecule has 1 unspecified atom stereocenters. The molecule has 1 aliphatic heterocycles. The Bertz CT molecular complexity index is 677. The van der Waals surface area contributed by atoms with E-state index in [-0.39, 0.29) is 32.7 Å². The Kier molecular flexibility index (Phi) is 5.74. The first-order chi connectivity index (χ1) is 11.0. The number of nitrogens with one attached hydrogen (secondary N) is 3. The topological polar surface area (TPSA) is 122 Å². The molecule has 1 saturated heterocycles. The lowest BCUT2D eigenvalue weighted by molar-refractivity contribution is -0.131. The highest BCUT2D eigenvalue weighted by molar-refractivity contribution is 7.20. The molecule has 23 heavy (non-hydrogen) atoms. The predicted molar refractivity (Wildman–Crippen MR) is 85.0 cm³/mol. The number of carbonyl (C=O) groups is 3. The van der Waals surface area contributed by atoms with Gasteiger partial charge >= 0.3 is 0 Å². The van der Waals surface area contributed by atoms with Crippen molar-refractivity contribution in [2.45, 2.75) is 6.04 Å². The van der Waals surface area contributed by atoms with Gasteiger partial charge in [0.15, 0.2) is 10.8 Å². The van der Waals surface area contributed by atoms with Gasteiger partial charge in [0.05, 0.1) is 0 Å².